The van der Waals surface area contributed by atoms with Crippen molar-refractivity contribution in [1.29, 1.82) is 0 Å². The van der Waals surface area contributed by atoms with Gasteiger partial charge in [0.2, 0.25) is 0 Å². The van der Waals surface area contributed by atoms with Gasteiger partial charge in [-0.1, -0.05) is 0 Å². The summed E-state index contributed by atoms with van der Waals surface area (Å²) >= 11 is -1.51. The molecule has 0 fully saturated rings. The molecule has 0 amide bonds. The summed E-state index contributed by atoms with van der Waals surface area (Å²) in [6, 6.07) is 0. The zero-order valence-corrected chi connectivity index (χ0v) is 11.3. The summed E-state index contributed by atoms with van der Waals surface area (Å²) in [6.07, 6.45) is 16.2. The van der Waals surface area contributed by atoms with Gasteiger partial charge < -0.3 is 2.85 Å². The van der Waals surface area contributed by atoms with E-state index in [0.29, 0.717) is 0 Å². The van der Waals surface area contributed by atoms with Gasteiger partial charge >= 0.3 is 94.2 Å². The maximum absolute atomic E-state index is 2.36. The standard InChI is InChI=1S/2C5H5.C3H6.Zr.2H/c2*1-2-4-5-3-1;1-3-2;;;/h2*1-3H,4H2;1-2H3;;;/q;;;+2;2*-1. The molecule has 1 heteroatoms. The van der Waals surface area contributed by atoms with Gasteiger partial charge in [0, 0.05) is 0 Å². The fourth-order valence-electron chi connectivity index (χ4n) is 2.11. The average Bonchev–Trinajstić information content (AvgIpc) is 2.75. The number of rotatable bonds is 2. The summed E-state index contributed by atoms with van der Waals surface area (Å²) in [4.78, 5) is 0. The van der Waals surface area contributed by atoms with Gasteiger partial charge in [0.25, 0.3) is 0 Å². The van der Waals surface area contributed by atoms with E-state index in [9.17, 15) is 0 Å². The van der Waals surface area contributed by atoms with Gasteiger partial charge in [0.05, 0.1) is 0 Å². The Bertz CT molecular complexity index is 362. The fourth-order valence-corrected chi connectivity index (χ4v) is 9.16. The minimum Gasteiger partial charge on any atom is -1.00 e. The summed E-state index contributed by atoms with van der Waals surface area (Å²) in [6.45, 7) is 4.65. The van der Waals surface area contributed by atoms with E-state index in [0.717, 1.165) is 0 Å². The van der Waals surface area contributed by atoms with Crippen LogP contribution in [0.1, 0.15) is 29.5 Å². The molecule has 0 bridgehead atoms. The van der Waals surface area contributed by atoms with Gasteiger partial charge in [-0.05, 0) is 0 Å². The number of allylic oxidation sites excluding steroid dienone is 8. The molecule has 2 rings (SSSR count). The van der Waals surface area contributed by atoms with E-state index in [4.69, 9.17) is 0 Å². The maximum Gasteiger partial charge on any atom is -1.00 e. The summed E-state index contributed by atoms with van der Waals surface area (Å²) < 4.78 is 5.21. The third kappa shape index (κ3) is 2.03. The minimum absolute atomic E-state index is 0. The topological polar surface area (TPSA) is 0 Å². The van der Waals surface area contributed by atoms with Crippen molar-refractivity contribution in [2.75, 3.05) is 0 Å². The van der Waals surface area contributed by atoms with Crippen LogP contribution in [0.25, 0.3) is 0 Å². The molecule has 0 aliphatic heterocycles. The average molecular weight is 266 g/mol. The van der Waals surface area contributed by atoms with Crippen LogP contribution in [0, 0.1) is 0 Å². The van der Waals surface area contributed by atoms with E-state index in [1.54, 1.807) is 9.77 Å². The molecule has 0 saturated carbocycles. The molecular formula is C13H18Zr. The first-order valence-corrected chi connectivity index (χ1v) is 8.87. The SMILES string of the molecule is C[C](C)=[Zr+2]([C]1=CC=CC1)[C]1=CC=CC1.[H-].[H-]. The zero-order valence-electron chi connectivity index (χ0n) is 10.9. The Morgan fingerprint density at radius 2 is 1.57 bits per heavy atom. The monoisotopic (exact) mass is 264 g/mol. The molecule has 0 radical (unpaired) electrons. The van der Waals surface area contributed by atoms with Gasteiger partial charge in [-0.15, -0.1) is 0 Å². The Hall–Kier alpha value is -0.287. The van der Waals surface area contributed by atoms with E-state index >= 15 is 0 Å². The fraction of sp³-hybridized carbons (Fsp3) is 0.308. The van der Waals surface area contributed by atoms with Crippen LogP contribution in [-0.4, -0.2) is 3.21 Å². The van der Waals surface area contributed by atoms with E-state index in [2.05, 4.69) is 50.3 Å². The van der Waals surface area contributed by atoms with Gasteiger partial charge in [0.15, 0.2) is 0 Å². The molecule has 0 nitrogen and oxygen atoms in total. The molecule has 0 spiro atoms. The molecular weight excluding hydrogens is 247 g/mol. The molecule has 0 unspecified atom stereocenters. The minimum atomic E-state index is -1.51. The molecule has 74 valence electrons. The molecule has 2 aliphatic carbocycles. The predicted octanol–water partition coefficient (Wildman–Crippen LogP) is 3.73. The molecule has 0 heterocycles. The molecule has 0 aromatic heterocycles. The Kier molecular flexibility index (Phi) is 3.28. The molecule has 2 aliphatic rings. The zero-order chi connectivity index (χ0) is 9.97. The maximum atomic E-state index is 2.36. The Labute approximate surface area is 96.8 Å². The summed E-state index contributed by atoms with van der Waals surface area (Å²) in [5.74, 6) is 0. The van der Waals surface area contributed by atoms with Crippen LogP contribution < -0.4 is 0 Å². The van der Waals surface area contributed by atoms with E-state index in [1.807, 2.05) is 0 Å². The van der Waals surface area contributed by atoms with Crippen LogP contribution in [-0.2, 0) is 21.3 Å². The van der Waals surface area contributed by atoms with Crippen molar-refractivity contribution in [3.63, 3.8) is 0 Å². The van der Waals surface area contributed by atoms with Gasteiger partial charge in [-0.3, -0.25) is 0 Å². The number of hydrogen-bond donors (Lipinski definition) is 0. The van der Waals surface area contributed by atoms with Crippen LogP contribution in [0.15, 0.2) is 43.0 Å². The summed E-state index contributed by atoms with van der Waals surface area (Å²) in [5.41, 5.74) is 0. The van der Waals surface area contributed by atoms with Crippen molar-refractivity contribution >= 4 is 3.21 Å². The number of hydrogen-bond acceptors (Lipinski definition) is 0. The first-order valence-electron chi connectivity index (χ1n) is 5.18. The quantitative estimate of drug-likeness (QED) is 0.714. The van der Waals surface area contributed by atoms with Crippen molar-refractivity contribution in [3.8, 4) is 0 Å². The summed E-state index contributed by atoms with van der Waals surface area (Å²) in [7, 11) is 0. The summed E-state index contributed by atoms with van der Waals surface area (Å²) in [5, 5.41) is 0. The normalized spacial score (nSPS) is 17.8. The Balaban J connectivity index is 0.00000112. The van der Waals surface area contributed by atoms with Crippen molar-refractivity contribution in [3.05, 3.63) is 43.0 Å². The van der Waals surface area contributed by atoms with E-state index in [1.165, 1.54) is 12.8 Å². The Morgan fingerprint density at radius 3 is 1.86 bits per heavy atom. The second-order valence-corrected chi connectivity index (χ2v) is 11.5. The molecule has 0 saturated heterocycles. The molecule has 14 heavy (non-hydrogen) atoms. The van der Waals surface area contributed by atoms with E-state index < -0.39 is 21.3 Å². The molecule has 0 aromatic carbocycles. The van der Waals surface area contributed by atoms with Crippen LogP contribution in [0.3, 0.4) is 0 Å². The smallest absolute Gasteiger partial charge is 1.00 e. The van der Waals surface area contributed by atoms with Crippen LogP contribution in [0.2, 0.25) is 0 Å². The van der Waals surface area contributed by atoms with E-state index in [-0.39, 0.29) is 2.85 Å². The largest absolute Gasteiger partial charge is 1.00 e. The predicted molar refractivity (Wildman–Crippen MR) is 62.3 cm³/mol. The van der Waals surface area contributed by atoms with Crippen molar-refractivity contribution in [1.82, 2.24) is 0 Å². The molecule has 0 atom stereocenters. The van der Waals surface area contributed by atoms with Crippen LogP contribution in [0.4, 0.5) is 0 Å². The second kappa shape index (κ2) is 4.49. The van der Waals surface area contributed by atoms with Crippen molar-refractivity contribution < 1.29 is 24.1 Å². The Morgan fingerprint density at radius 1 is 1.07 bits per heavy atom. The van der Waals surface area contributed by atoms with Gasteiger partial charge in [-0.2, -0.15) is 0 Å². The van der Waals surface area contributed by atoms with Gasteiger partial charge in [0.1, 0.15) is 0 Å². The second-order valence-electron chi connectivity index (χ2n) is 4.02. The van der Waals surface area contributed by atoms with Crippen LogP contribution >= 0.6 is 0 Å². The van der Waals surface area contributed by atoms with Crippen molar-refractivity contribution in [2.24, 2.45) is 0 Å². The van der Waals surface area contributed by atoms with Gasteiger partial charge in [-0.25, -0.2) is 0 Å². The third-order valence-electron chi connectivity index (χ3n) is 2.68. The van der Waals surface area contributed by atoms with Crippen LogP contribution in [0.5, 0.6) is 0 Å². The first kappa shape index (κ1) is 10.2. The first-order chi connectivity index (χ1) is 6.79. The molecule has 0 N–H and O–H groups in total. The third-order valence-corrected chi connectivity index (χ3v) is 10.1. The van der Waals surface area contributed by atoms with Crippen molar-refractivity contribution in [2.45, 2.75) is 26.7 Å². The molecule has 0 aromatic rings.